The van der Waals surface area contributed by atoms with Crippen LogP contribution in [-0.4, -0.2) is 11.9 Å². The number of hydrogen-bond donors (Lipinski definition) is 2. The SMILES string of the molecule is CC(NC(=O)CC1CCCCC1N)c1c(F)cccc1F. The number of benzene rings is 1. The number of carbonyl (C=O) groups is 1. The van der Waals surface area contributed by atoms with E-state index in [-0.39, 0.29) is 23.4 Å². The summed E-state index contributed by atoms with van der Waals surface area (Å²) in [4.78, 5) is 12.1. The van der Waals surface area contributed by atoms with E-state index in [4.69, 9.17) is 5.73 Å². The van der Waals surface area contributed by atoms with Crippen LogP contribution >= 0.6 is 0 Å². The van der Waals surface area contributed by atoms with Crippen molar-refractivity contribution in [2.45, 2.75) is 51.1 Å². The highest BCUT2D eigenvalue weighted by molar-refractivity contribution is 5.76. The van der Waals surface area contributed by atoms with Gasteiger partial charge in [0.05, 0.1) is 6.04 Å². The molecule has 5 heteroatoms. The molecule has 0 heterocycles. The molecule has 0 spiro atoms. The average molecular weight is 296 g/mol. The van der Waals surface area contributed by atoms with E-state index in [9.17, 15) is 13.6 Å². The summed E-state index contributed by atoms with van der Waals surface area (Å²) in [5.74, 6) is -1.32. The van der Waals surface area contributed by atoms with Gasteiger partial charge in [0.1, 0.15) is 11.6 Å². The minimum atomic E-state index is -0.696. The summed E-state index contributed by atoms with van der Waals surface area (Å²) in [6, 6.07) is 3.04. The zero-order chi connectivity index (χ0) is 15.4. The third-order valence-corrected chi connectivity index (χ3v) is 4.23. The van der Waals surface area contributed by atoms with Gasteiger partial charge in [0.15, 0.2) is 0 Å². The van der Waals surface area contributed by atoms with Crippen molar-refractivity contribution in [1.82, 2.24) is 5.32 Å². The van der Waals surface area contributed by atoms with Crippen molar-refractivity contribution in [1.29, 1.82) is 0 Å². The number of halogens is 2. The molecule has 1 fully saturated rings. The second-order valence-corrected chi connectivity index (χ2v) is 5.84. The van der Waals surface area contributed by atoms with Crippen molar-refractivity contribution in [3.63, 3.8) is 0 Å². The lowest BCUT2D eigenvalue weighted by atomic mass is 9.83. The molecule has 0 saturated heterocycles. The Balaban J connectivity index is 1.96. The Labute approximate surface area is 123 Å². The molecule has 1 amide bonds. The lowest BCUT2D eigenvalue weighted by Gasteiger charge is -2.28. The maximum atomic E-state index is 13.7. The fourth-order valence-electron chi connectivity index (χ4n) is 3.02. The van der Waals surface area contributed by atoms with Crippen molar-refractivity contribution < 1.29 is 13.6 Å². The Bertz CT molecular complexity index is 487. The van der Waals surface area contributed by atoms with Crippen LogP contribution < -0.4 is 11.1 Å². The van der Waals surface area contributed by atoms with Crippen LogP contribution in [0.4, 0.5) is 8.78 Å². The van der Waals surface area contributed by atoms with Gasteiger partial charge in [0.2, 0.25) is 5.91 Å². The standard InChI is InChI=1S/C16H22F2N2O/c1-10(16-12(17)6-4-7-13(16)18)20-15(21)9-11-5-2-3-8-14(11)19/h4,6-7,10-11,14H,2-3,5,8-9,19H2,1H3,(H,20,21). The third-order valence-electron chi connectivity index (χ3n) is 4.23. The molecule has 3 unspecified atom stereocenters. The molecule has 3 nitrogen and oxygen atoms in total. The zero-order valence-electron chi connectivity index (χ0n) is 12.2. The van der Waals surface area contributed by atoms with Crippen LogP contribution in [0.2, 0.25) is 0 Å². The van der Waals surface area contributed by atoms with Crippen LogP contribution in [0.3, 0.4) is 0 Å². The van der Waals surface area contributed by atoms with E-state index in [2.05, 4.69) is 5.32 Å². The van der Waals surface area contributed by atoms with E-state index in [1.54, 1.807) is 6.92 Å². The molecule has 1 saturated carbocycles. The molecule has 1 aliphatic rings. The van der Waals surface area contributed by atoms with Crippen molar-refractivity contribution in [2.75, 3.05) is 0 Å². The molecule has 1 aromatic rings. The highest BCUT2D eigenvalue weighted by Gasteiger charge is 2.25. The first-order valence-corrected chi connectivity index (χ1v) is 7.48. The Hall–Kier alpha value is -1.49. The van der Waals surface area contributed by atoms with E-state index in [1.807, 2.05) is 0 Å². The van der Waals surface area contributed by atoms with E-state index in [0.717, 1.165) is 25.7 Å². The lowest BCUT2D eigenvalue weighted by molar-refractivity contribution is -0.123. The first-order valence-electron chi connectivity index (χ1n) is 7.48. The summed E-state index contributed by atoms with van der Waals surface area (Å²) in [7, 11) is 0. The molecule has 1 aromatic carbocycles. The fraction of sp³-hybridized carbons (Fsp3) is 0.562. The van der Waals surface area contributed by atoms with Crippen molar-refractivity contribution >= 4 is 5.91 Å². The van der Waals surface area contributed by atoms with Crippen LogP contribution in [0.5, 0.6) is 0 Å². The molecule has 116 valence electrons. The second-order valence-electron chi connectivity index (χ2n) is 5.84. The van der Waals surface area contributed by atoms with Gasteiger partial charge in [0, 0.05) is 18.0 Å². The molecule has 21 heavy (non-hydrogen) atoms. The molecular formula is C16H22F2N2O. The number of nitrogens with one attached hydrogen (secondary N) is 1. The number of nitrogens with two attached hydrogens (primary N) is 1. The monoisotopic (exact) mass is 296 g/mol. The van der Waals surface area contributed by atoms with E-state index < -0.39 is 17.7 Å². The van der Waals surface area contributed by atoms with Gasteiger partial charge in [-0.15, -0.1) is 0 Å². The van der Waals surface area contributed by atoms with Crippen molar-refractivity contribution in [3.05, 3.63) is 35.4 Å². The maximum absolute atomic E-state index is 13.7. The topological polar surface area (TPSA) is 55.1 Å². The predicted octanol–water partition coefficient (Wildman–Crippen LogP) is 3.05. The minimum Gasteiger partial charge on any atom is -0.349 e. The Kier molecular flexibility index (Phi) is 5.28. The Morgan fingerprint density at radius 1 is 1.33 bits per heavy atom. The van der Waals surface area contributed by atoms with Crippen LogP contribution in [-0.2, 0) is 4.79 Å². The van der Waals surface area contributed by atoms with Crippen LogP contribution in [0.25, 0.3) is 0 Å². The Morgan fingerprint density at radius 3 is 2.57 bits per heavy atom. The largest absolute Gasteiger partial charge is 0.349 e. The number of amides is 1. The summed E-state index contributed by atoms with van der Waals surface area (Å²) in [5, 5.41) is 2.67. The van der Waals surface area contributed by atoms with Crippen LogP contribution in [0.1, 0.15) is 50.6 Å². The molecule has 3 N–H and O–H groups in total. The summed E-state index contributed by atoms with van der Waals surface area (Å²) in [6.07, 6.45) is 4.40. The predicted molar refractivity (Wildman–Crippen MR) is 77.5 cm³/mol. The van der Waals surface area contributed by atoms with Crippen molar-refractivity contribution in [2.24, 2.45) is 11.7 Å². The first kappa shape index (κ1) is 15.9. The quantitative estimate of drug-likeness (QED) is 0.897. The highest BCUT2D eigenvalue weighted by atomic mass is 19.1. The summed E-state index contributed by atoms with van der Waals surface area (Å²) in [6.45, 7) is 1.58. The molecule has 0 aromatic heterocycles. The number of hydrogen-bond acceptors (Lipinski definition) is 2. The smallest absolute Gasteiger partial charge is 0.220 e. The minimum absolute atomic E-state index is 0.0463. The third kappa shape index (κ3) is 4.00. The normalized spacial score (nSPS) is 23.6. The molecule has 0 radical (unpaired) electrons. The zero-order valence-corrected chi connectivity index (χ0v) is 12.2. The molecule has 3 atom stereocenters. The van der Waals surface area contributed by atoms with Gasteiger partial charge in [-0.2, -0.15) is 0 Å². The molecule has 0 aliphatic heterocycles. The van der Waals surface area contributed by atoms with Gasteiger partial charge in [0.25, 0.3) is 0 Å². The lowest BCUT2D eigenvalue weighted by Crippen LogP contribution is -2.37. The summed E-state index contributed by atoms with van der Waals surface area (Å²) in [5.41, 5.74) is 5.92. The van der Waals surface area contributed by atoms with Crippen LogP contribution in [0, 0.1) is 17.6 Å². The van der Waals surface area contributed by atoms with E-state index in [1.165, 1.54) is 18.2 Å². The van der Waals surface area contributed by atoms with Gasteiger partial charge in [-0.25, -0.2) is 8.78 Å². The van der Waals surface area contributed by atoms with Crippen LogP contribution in [0.15, 0.2) is 18.2 Å². The van der Waals surface area contributed by atoms with Gasteiger partial charge in [-0.1, -0.05) is 18.9 Å². The molecule has 2 rings (SSSR count). The molecular weight excluding hydrogens is 274 g/mol. The summed E-state index contributed by atoms with van der Waals surface area (Å²) >= 11 is 0. The number of rotatable bonds is 4. The summed E-state index contributed by atoms with van der Waals surface area (Å²) < 4.78 is 27.3. The van der Waals surface area contributed by atoms with Gasteiger partial charge in [-0.05, 0) is 37.8 Å². The maximum Gasteiger partial charge on any atom is 0.220 e. The van der Waals surface area contributed by atoms with Crippen molar-refractivity contribution in [3.8, 4) is 0 Å². The molecule has 1 aliphatic carbocycles. The molecule has 0 bridgehead atoms. The first-order chi connectivity index (χ1) is 9.99. The fourth-order valence-corrected chi connectivity index (χ4v) is 3.02. The van der Waals surface area contributed by atoms with Gasteiger partial charge < -0.3 is 11.1 Å². The number of carbonyl (C=O) groups excluding carboxylic acids is 1. The van der Waals surface area contributed by atoms with E-state index >= 15 is 0 Å². The average Bonchev–Trinajstić information content (AvgIpc) is 2.41. The van der Waals surface area contributed by atoms with Gasteiger partial charge in [-0.3, -0.25) is 4.79 Å². The highest BCUT2D eigenvalue weighted by Crippen LogP contribution is 2.26. The Morgan fingerprint density at radius 2 is 1.95 bits per heavy atom. The van der Waals surface area contributed by atoms with Gasteiger partial charge >= 0.3 is 0 Å². The second kappa shape index (κ2) is 6.98. The van der Waals surface area contributed by atoms with E-state index in [0.29, 0.717) is 6.42 Å².